The zero-order valence-electron chi connectivity index (χ0n) is 16.3. The van der Waals surface area contributed by atoms with Gasteiger partial charge in [0.2, 0.25) is 11.7 Å². The zero-order chi connectivity index (χ0) is 19.1. The number of hydrogen-bond acceptors (Lipinski definition) is 7. The van der Waals surface area contributed by atoms with Crippen LogP contribution in [0, 0.1) is 18.3 Å². The fourth-order valence-electron chi connectivity index (χ4n) is 2.87. The Labute approximate surface area is 156 Å². The molecule has 8 heteroatoms. The monoisotopic (exact) mass is 359 g/mol. The Morgan fingerprint density at radius 1 is 1.31 bits per heavy atom. The molecular formula is C18H29N7O. The molecule has 1 saturated heterocycles. The minimum atomic E-state index is 0.161. The van der Waals surface area contributed by atoms with Crippen LogP contribution in [0.1, 0.15) is 18.3 Å². The van der Waals surface area contributed by atoms with Gasteiger partial charge in [-0.25, -0.2) is 9.97 Å². The van der Waals surface area contributed by atoms with Crippen LogP contribution in [0.2, 0.25) is 0 Å². The van der Waals surface area contributed by atoms with Crippen LogP contribution < -0.4 is 4.90 Å². The van der Waals surface area contributed by atoms with Crippen LogP contribution in [-0.2, 0) is 4.79 Å². The van der Waals surface area contributed by atoms with E-state index >= 15 is 0 Å². The molecule has 0 bridgehead atoms. The number of piperazine rings is 1. The fraction of sp³-hybridized carbons (Fsp3) is 0.667. The van der Waals surface area contributed by atoms with Crippen molar-refractivity contribution in [3.05, 3.63) is 17.6 Å². The number of amides is 1. The average Bonchev–Trinajstić information content (AvgIpc) is 2.66. The van der Waals surface area contributed by atoms with Crippen LogP contribution >= 0.6 is 0 Å². The number of carbonyl (C=O) groups excluding carboxylic acids is 1. The van der Waals surface area contributed by atoms with Crippen LogP contribution in [-0.4, -0.2) is 97.0 Å². The summed E-state index contributed by atoms with van der Waals surface area (Å²) in [4.78, 5) is 28.9. The molecule has 26 heavy (non-hydrogen) atoms. The molecule has 1 aliphatic heterocycles. The maximum Gasteiger partial charge on any atom is 0.236 e. The molecular weight excluding hydrogens is 330 g/mol. The number of aryl methyl sites for hydroxylation is 1. The van der Waals surface area contributed by atoms with E-state index in [-0.39, 0.29) is 11.7 Å². The van der Waals surface area contributed by atoms with Gasteiger partial charge in [-0.05, 0) is 20.5 Å². The van der Waals surface area contributed by atoms with Gasteiger partial charge < -0.3 is 9.80 Å². The molecule has 142 valence electrons. The van der Waals surface area contributed by atoms with E-state index in [2.05, 4.69) is 19.8 Å². The Bertz CT molecular complexity index is 649. The number of likely N-dealkylation sites (N-methyl/N-ethyl adjacent to an activating group) is 2. The second kappa shape index (κ2) is 9.46. The number of rotatable bonds is 7. The van der Waals surface area contributed by atoms with Gasteiger partial charge in [0.1, 0.15) is 11.9 Å². The number of aromatic nitrogens is 2. The predicted octanol–water partition coefficient (Wildman–Crippen LogP) is 0.189. The highest BCUT2D eigenvalue weighted by Gasteiger charge is 2.21. The average molecular weight is 359 g/mol. The fourth-order valence-corrected chi connectivity index (χ4v) is 2.87. The summed E-state index contributed by atoms with van der Waals surface area (Å²) >= 11 is 0. The number of hydrogen-bond donors (Lipinski definition) is 0. The third kappa shape index (κ3) is 5.38. The number of carbonyl (C=O) groups is 1. The van der Waals surface area contributed by atoms with Crippen molar-refractivity contribution in [1.82, 2.24) is 24.7 Å². The molecule has 0 radical (unpaired) electrons. The molecule has 8 nitrogen and oxygen atoms in total. The van der Waals surface area contributed by atoms with Gasteiger partial charge in [0.25, 0.3) is 0 Å². The number of nitrogens with zero attached hydrogens (tertiary/aromatic N) is 7. The van der Waals surface area contributed by atoms with Crippen LogP contribution in [0.15, 0.2) is 6.20 Å². The van der Waals surface area contributed by atoms with Crippen LogP contribution in [0.3, 0.4) is 0 Å². The lowest BCUT2D eigenvalue weighted by Gasteiger charge is -2.36. The topological polar surface area (TPSA) is 79.6 Å². The largest absolute Gasteiger partial charge is 0.354 e. The van der Waals surface area contributed by atoms with Gasteiger partial charge in [-0.15, -0.1) is 0 Å². The smallest absolute Gasteiger partial charge is 0.236 e. The molecule has 1 fully saturated rings. The van der Waals surface area contributed by atoms with Crippen molar-refractivity contribution in [2.24, 2.45) is 0 Å². The Morgan fingerprint density at radius 3 is 2.62 bits per heavy atom. The lowest BCUT2D eigenvalue weighted by molar-refractivity contribution is -0.130. The summed E-state index contributed by atoms with van der Waals surface area (Å²) < 4.78 is 0. The van der Waals surface area contributed by atoms with Gasteiger partial charge in [0, 0.05) is 58.1 Å². The van der Waals surface area contributed by atoms with Crippen LogP contribution in [0.4, 0.5) is 5.82 Å². The van der Waals surface area contributed by atoms with E-state index in [1.165, 1.54) is 0 Å². The summed E-state index contributed by atoms with van der Waals surface area (Å²) in [6.07, 6.45) is 1.71. The zero-order valence-corrected chi connectivity index (χ0v) is 16.3. The highest BCUT2D eigenvalue weighted by Crippen LogP contribution is 2.18. The minimum Gasteiger partial charge on any atom is -0.354 e. The maximum atomic E-state index is 12.1. The van der Waals surface area contributed by atoms with Gasteiger partial charge in [-0.1, -0.05) is 6.92 Å². The van der Waals surface area contributed by atoms with Crippen LogP contribution in [0.25, 0.3) is 0 Å². The standard InChI is InChI=1S/C18H29N7O/c1-5-22(3)14-17(26)23(4)6-7-24-8-10-25(11-9-24)18-15(2)13-20-16(12-19)21-18/h13H,5-11,14H2,1-4H3. The molecule has 0 unspecified atom stereocenters. The molecule has 0 spiro atoms. The first kappa shape index (κ1) is 20.1. The number of nitriles is 1. The highest BCUT2D eigenvalue weighted by atomic mass is 16.2. The van der Waals surface area contributed by atoms with Crippen molar-refractivity contribution in [3.63, 3.8) is 0 Å². The van der Waals surface area contributed by atoms with Gasteiger partial charge >= 0.3 is 0 Å². The van der Waals surface area contributed by atoms with Gasteiger partial charge in [-0.3, -0.25) is 14.6 Å². The Hall–Kier alpha value is -2.24. The van der Waals surface area contributed by atoms with Crippen molar-refractivity contribution >= 4 is 11.7 Å². The molecule has 0 saturated carbocycles. The summed E-state index contributed by atoms with van der Waals surface area (Å²) in [6, 6.07) is 2.00. The Kier molecular flexibility index (Phi) is 7.30. The van der Waals surface area contributed by atoms with E-state index in [4.69, 9.17) is 5.26 Å². The van der Waals surface area contributed by atoms with E-state index in [1.807, 2.05) is 43.8 Å². The Morgan fingerprint density at radius 2 is 2.00 bits per heavy atom. The molecule has 1 aromatic heterocycles. The number of anilines is 1. The molecule has 0 N–H and O–H groups in total. The summed E-state index contributed by atoms with van der Waals surface area (Å²) in [5.41, 5.74) is 0.989. The van der Waals surface area contributed by atoms with Crippen molar-refractivity contribution in [2.45, 2.75) is 13.8 Å². The minimum absolute atomic E-state index is 0.161. The van der Waals surface area contributed by atoms with E-state index in [0.717, 1.165) is 57.2 Å². The highest BCUT2D eigenvalue weighted by molar-refractivity contribution is 5.77. The van der Waals surface area contributed by atoms with Crippen molar-refractivity contribution in [1.29, 1.82) is 5.26 Å². The summed E-state index contributed by atoms with van der Waals surface area (Å²) in [6.45, 7) is 10.5. The molecule has 0 aliphatic carbocycles. The second-order valence-corrected chi connectivity index (χ2v) is 6.79. The molecule has 2 heterocycles. The van der Waals surface area contributed by atoms with Crippen molar-refractivity contribution in [3.8, 4) is 6.07 Å². The van der Waals surface area contributed by atoms with Gasteiger partial charge in [-0.2, -0.15) is 5.26 Å². The lowest BCUT2D eigenvalue weighted by atomic mass is 10.2. The van der Waals surface area contributed by atoms with Crippen molar-refractivity contribution < 1.29 is 4.79 Å². The Balaban J connectivity index is 1.80. The van der Waals surface area contributed by atoms with Gasteiger partial charge in [0.15, 0.2) is 0 Å². The van der Waals surface area contributed by atoms with Gasteiger partial charge in [0.05, 0.1) is 6.54 Å². The molecule has 1 amide bonds. The molecule has 2 rings (SSSR count). The summed E-state index contributed by atoms with van der Waals surface area (Å²) in [5.74, 6) is 1.23. The molecule has 0 atom stereocenters. The van der Waals surface area contributed by atoms with E-state index in [1.54, 1.807) is 6.20 Å². The lowest BCUT2D eigenvalue weighted by Crippen LogP contribution is -2.49. The van der Waals surface area contributed by atoms with E-state index < -0.39 is 0 Å². The third-order valence-electron chi connectivity index (χ3n) is 4.84. The first-order valence-electron chi connectivity index (χ1n) is 9.08. The molecule has 1 aromatic rings. The quantitative estimate of drug-likeness (QED) is 0.687. The summed E-state index contributed by atoms with van der Waals surface area (Å²) in [5, 5.41) is 8.99. The van der Waals surface area contributed by atoms with Crippen molar-refractivity contribution in [2.75, 3.05) is 71.4 Å². The second-order valence-electron chi connectivity index (χ2n) is 6.79. The maximum absolute atomic E-state index is 12.1. The first-order valence-corrected chi connectivity index (χ1v) is 9.08. The normalized spacial score (nSPS) is 15.2. The van der Waals surface area contributed by atoms with E-state index in [9.17, 15) is 4.79 Å². The predicted molar refractivity (Wildman–Crippen MR) is 101 cm³/mol. The SMILES string of the molecule is CCN(C)CC(=O)N(C)CCN1CCN(c2nc(C#N)ncc2C)CC1. The first-order chi connectivity index (χ1) is 12.4. The molecule has 1 aliphatic rings. The molecule has 0 aromatic carbocycles. The van der Waals surface area contributed by atoms with Crippen LogP contribution in [0.5, 0.6) is 0 Å². The summed E-state index contributed by atoms with van der Waals surface area (Å²) in [7, 11) is 3.83. The third-order valence-corrected chi connectivity index (χ3v) is 4.84. The van der Waals surface area contributed by atoms with E-state index in [0.29, 0.717) is 6.54 Å².